The van der Waals surface area contributed by atoms with E-state index in [1.165, 1.54) is 0 Å². The third-order valence-corrected chi connectivity index (χ3v) is 9.91. The minimum Gasteiger partial charge on any atom is -0.338 e. The fourth-order valence-electron chi connectivity index (χ4n) is 7.05. The van der Waals surface area contributed by atoms with Gasteiger partial charge in [-0.25, -0.2) is 0 Å². The van der Waals surface area contributed by atoms with Crippen molar-refractivity contribution in [2.45, 2.75) is 46.2 Å². The van der Waals surface area contributed by atoms with E-state index in [-0.39, 0.29) is 37.7 Å². The number of aryl methyl sites for hydroxylation is 3. The highest BCUT2D eigenvalue weighted by Crippen LogP contribution is 2.33. The molecular formula is C33H40ClF3N4O3. The quantitative estimate of drug-likeness (QED) is 0.405. The number of amides is 3. The van der Waals surface area contributed by atoms with Gasteiger partial charge < -0.3 is 19.6 Å². The van der Waals surface area contributed by atoms with E-state index in [1.54, 1.807) is 11.0 Å². The first-order chi connectivity index (χ1) is 20.8. The molecule has 3 aliphatic rings. The highest BCUT2D eigenvalue weighted by atomic mass is 35.5. The zero-order valence-electron chi connectivity index (χ0n) is 25.5. The maximum Gasteiger partial charge on any atom is 0.471 e. The van der Waals surface area contributed by atoms with Crippen molar-refractivity contribution in [3.05, 3.63) is 63.7 Å². The smallest absolute Gasteiger partial charge is 0.338 e. The number of fused-ring (bicyclic) bond motifs is 1. The predicted molar refractivity (Wildman–Crippen MR) is 164 cm³/mol. The molecule has 0 aliphatic carbocycles. The van der Waals surface area contributed by atoms with E-state index in [4.69, 9.17) is 11.6 Å². The van der Waals surface area contributed by atoms with Gasteiger partial charge in [-0.3, -0.25) is 14.4 Å². The molecule has 0 saturated carbocycles. The van der Waals surface area contributed by atoms with Gasteiger partial charge in [-0.2, -0.15) is 13.2 Å². The number of piperidine rings is 1. The summed E-state index contributed by atoms with van der Waals surface area (Å²) >= 11 is 6.40. The molecule has 7 nitrogen and oxygen atoms in total. The molecule has 2 unspecified atom stereocenters. The van der Waals surface area contributed by atoms with Crippen LogP contribution in [0.3, 0.4) is 0 Å². The molecule has 5 rings (SSSR count). The summed E-state index contributed by atoms with van der Waals surface area (Å²) in [6.07, 6.45) is -3.83. The Bertz CT molecular complexity index is 1370. The zero-order chi connectivity index (χ0) is 31.8. The van der Waals surface area contributed by atoms with Crippen LogP contribution in [0.4, 0.5) is 18.9 Å². The molecule has 3 aliphatic heterocycles. The summed E-state index contributed by atoms with van der Waals surface area (Å²) in [4.78, 5) is 45.6. The fourth-order valence-corrected chi connectivity index (χ4v) is 7.22. The van der Waals surface area contributed by atoms with Gasteiger partial charge in [-0.1, -0.05) is 35.9 Å². The van der Waals surface area contributed by atoms with Gasteiger partial charge in [-0.05, 0) is 87.2 Å². The first-order valence-corrected chi connectivity index (χ1v) is 15.7. The van der Waals surface area contributed by atoms with E-state index in [0.717, 1.165) is 59.9 Å². The summed E-state index contributed by atoms with van der Waals surface area (Å²) in [6.45, 7) is 10.2. The lowest BCUT2D eigenvalue weighted by Gasteiger charge is -2.35. The number of halogens is 4. The summed E-state index contributed by atoms with van der Waals surface area (Å²) in [5.41, 5.74) is 4.36. The summed E-state index contributed by atoms with van der Waals surface area (Å²) < 4.78 is 38.7. The molecule has 3 fully saturated rings. The van der Waals surface area contributed by atoms with Crippen LogP contribution in [-0.2, 0) is 9.59 Å². The van der Waals surface area contributed by atoms with Crippen molar-refractivity contribution in [3.8, 4) is 0 Å². The minimum atomic E-state index is -4.91. The lowest BCUT2D eigenvalue weighted by Crippen LogP contribution is -2.48. The lowest BCUT2D eigenvalue weighted by atomic mass is 9.94. The number of hydrogen-bond donors (Lipinski definition) is 0. The SMILES string of the molecule is Cc1ccc(N(CCCN2CC3CN(C(=O)c4c(C)cccc4C)CC3C2)C(=O)C2CCN(C(=O)C(F)(F)F)CC2)cc1Cl. The predicted octanol–water partition coefficient (Wildman–Crippen LogP) is 5.49. The Morgan fingerprint density at radius 2 is 1.50 bits per heavy atom. The number of benzene rings is 2. The normalized spacial score (nSPS) is 21.1. The second-order valence-electron chi connectivity index (χ2n) is 12.6. The van der Waals surface area contributed by atoms with E-state index < -0.39 is 18.0 Å². The molecule has 2 aromatic carbocycles. The molecule has 0 N–H and O–H groups in total. The molecule has 0 spiro atoms. The van der Waals surface area contributed by atoms with Crippen LogP contribution >= 0.6 is 11.6 Å². The van der Waals surface area contributed by atoms with Gasteiger partial charge in [0.2, 0.25) is 5.91 Å². The molecule has 2 atom stereocenters. The molecular weight excluding hydrogens is 593 g/mol. The molecule has 3 heterocycles. The minimum absolute atomic E-state index is 0.100. The van der Waals surface area contributed by atoms with E-state index in [9.17, 15) is 27.6 Å². The molecule has 3 amide bonds. The van der Waals surface area contributed by atoms with Crippen LogP contribution in [0.5, 0.6) is 0 Å². The van der Waals surface area contributed by atoms with Gasteiger partial charge in [-0.15, -0.1) is 0 Å². The van der Waals surface area contributed by atoms with Crippen LogP contribution in [0.15, 0.2) is 36.4 Å². The highest BCUT2D eigenvalue weighted by Gasteiger charge is 2.44. The van der Waals surface area contributed by atoms with Crippen molar-refractivity contribution >= 4 is 35.0 Å². The molecule has 238 valence electrons. The average molecular weight is 633 g/mol. The summed E-state index contributed by atoms with van der Waals surface area (Å²) in [6, 6.07) is 11.4. The number of alkyl halides is 3. The van der Waals surface area contributed by atoms with Crippen molar-refractivity contribution < 1.29 is 27.6 Å². The Morgan fingerprint density at radius 3 is 2.07 bits per heavy atom. The van der Waals surface area contributed by atoms with Crippen LogP contribution in [-0.4, -0.2) is 91.0 Å². The third-order valence-electron chi connectivity index (χ3n) is 9.51. The number of rotatable bonds is 7. The summed E-state index contributed by atoms with van der Waals surface area (Å²) in [5, 5.41) is 0.540. The van der Waals surface area contributed by atoms with E-state index >= 15 is 0 Å². The van der Waals surface area contributed by atoms with Crippen LogP contribution < -0.4 is 4.90 Å². The maximum absolute atomic E-state index is 13.7. The molecule has 11 heteroatoms. The Hall–Kier alpha value is -3.11. The van der Waals surface area contributed by atoms with Gasteiger partial charge in [0, 0.05) is 68.0 Å². The largest absolute Gasteiger partial charge is 0.471 e. The Labute approximate surface area is 261 Å². The van der Waals surface area contributed by atoms with Gasteiger partial charge in [0.05, 0.1) is 0 Å². The van der Waals surface area contributed by atoms with Gasteiger partial charge in [0.25, 0.3) is 5.91 Å². The number of carbonyl (C=O) groups excluding carboxylic acids is 3. The first kappa shape index (κ1) is 32.3. The number of carbonyl (C=O) groups is 3. The second kappa shape index (κ2) is 13.1. The van der Waals surface area contributed by atoms with E-state index in [2.05, 4.69) is 4.90 Å². The fraction of sp³-hybridized carbons (Fsp3) is 0.545. The second-order valence-corrected chi connectivity index (χ2v) is 13.0. The highest BCUT2D eigenvalue weighted by molar-refractivity contribution is 6.31. The summed E-state index contributed by atoms with van der Waals surface area (Å²) in [5.74, 6) is -1.52. The first-order valence-electron chi connectivity index (χ1n) is 15.3. The molecule has 44 heavy (non-hydrogen) atoms. The molecule has 0 aromatic heterocycles. The topological polar surface area (TPSA) is 64.2 Å². The standard InChI is InChI=1S/C33H40ClF3N4O3/c1-21-8-9-27(16-28(21)34)41(30(42)24-10-14-39(15-11-24)32(44)33(35,36)37)13-5-12-38-17-25-19-40(20-26(25)18-38)31(43)29-22(2)6-4-7-23(29)3/h4,6-9,16,24-26H,5,10-15,17-20H2,1-3H3. The van der Waals surface area contributed by atoms with E-state index in [1.807, 2.05) is 56.0 Å². The van der Waals surface area contributed by atoms with Crippen molar-refractivity contribution in [1.29, 1.82) is 0 Å². The Morgan fingerprint density at radius 1 is 0.886 bits per heavy atom. The maximum atomic E-state index is 13.7. The molecule has 2 aromatic rings. The van der Waals surface area contributed by atoms with Gasteiger partial charge >= 0.3 is 12.1 Å². The van der Waals surface area contributed by atoms with Crippen molar-refractivity contribution in [2.24, 2.45) is 17.8 Å². The van der Waals surface area contributed by atoms with Gasteiger partial charge in [0.15, 0.2) is 0 Å². The molecule has 0 bridgehead atoms. The Balaban J connectivity index is 1.17. The van der Waals surface area contributed by atoms with Crippen LogP contribution in [0.2, 0.25) is 5.02 Å². The third kappa shape index (κ3) is 6.91. The number of likely N-dealkylation sites (tertiary alicyclic amines) is 3. The number of anilines is 1. The molecule has 3 saturated heterocycles. The van der Waals surface area contributed by atoms with Crippen LogP contribution in [0, 0.1) is 38.5 Å². The van der Waals surface area contributed by atoms with Crippen LogP contribution in [0.1, 0.15) is 46.3 Å². The number of nitrogens with zero attached hydrogens (tertiary/aromatic N) is 4. The average Bonchev–Trinajstić information content (AvgIpc) is 3.55. The van der Waals surface area contributed by atoms with E-state index in [0.29, 0.717) is 35.5 Å². The number of hydrogen-bond acceptors (Lipinski definition) is 4. The zero-order valence-corrected chi connectivity index (χ0v) is 26.3. The van der Waals surface area contributed by atoms with Crippen LogP contribution in [0.25, 0.3) is 0 Å². The van der Waals surface area contributed by atoms with Crippen molar-refractivity contribution in [1.82, 2.24) is 14.7 Å². The lowest BCUT2D eigenvalue weighted by molar-refractivity contribution is -0.186. The van der Waals surface area contributed by atoms with Crippen molar-refractivity contribution in [3.63, 3.8) is 0 Å². The van der Waals surface area contributed by atoms with Gasteiger partial charge in [0.1, 0.15) is 0 Å². The Kier molecular flexibility index (Phi) is 9.61. The van der Waals surface area contributed by atoms with Crippen molar-refractivity contribution in [2.75, 3.05) is 57.3 Å². The molecule has 0 radical (unpaired) electrons. The monoisotopic (exact) mass is 632 g/mol. The summed E-state index contributed by atoms with van der Waals surface area (Å²) in [7, 11) is 0.